The van der Waals surface area contributed by atoms with Gasteiger partial charge in [0, 0.05) is 32.0 Å². The van der Waals surface area contributed by atoms with Crippen LogP contribution in [0.2, 0.25) is 0 Å². The van der Waals surface area contributed by atoms with Crippen LogP contribution in [0.3, 0.4) is 0 Å². The molecule has 1 fully saturated rings. The normalized spacial score (nSPS) is 19.5. The van der Waals surface area contributed by atoms with Gasteiger partial charge in [0.2, 0.25) is 5.91 Å². The van der Waals surface area contributed by atoms with E-state index < -0.39 is 0 Å². The van der Waals surface area contributed by atoms with Gasteiger partial charge in [0.05, 0.1) is 12.5 Å². The lowest BCUT2D eigenvalue weighted by molar-refractivity contribution is -0.133. The number of carbonyl (C=O) groups is 1. The minimum absolute atomic E-state index is 0.0205. The molecule has 0 spiro atoms. The molecule has 6 heteroatoms. The number of piperazine rings is 1. The van der Waals surface area contributed by atoms with Crippen molar-refractivity contribution in [1.82, 2.24) is 15.2 Å². The first-order valence-corrected chi connectivity index (χ1v) is 8.60. The summed E-state index contributed by atoms with van der Waals surface area (Å²) in [6.45, 7) is 3.37. The fraction of sp³-hybridized carbons (Fsp3) is 0.368. The number of nitrogens with one attached hydrogen (secondary N) is 1. The van der Waals surface area contributed by atoms with E-state index in [0.29, 0.717) is 26.2 Å². The lowest BCUT2D eigenvalue weighted by Crippen LogP contribution is -2.49. The largest absolute Gasteiger partial charge is 0.486 e. The van der Waals surface area contributed by atoms with Gasteiger partial charge in [-0.05, 0) is 29.3 Å². The molecule has 0 bridgehead atoms. The average Bonchev–Trinajstić information content (AvgIpc) is 2.68. The molecule has 1 saturated heterocycles. The molecule has 6 nitrogen and oxygen atoms in total. The van der Waals surface area contributed by atoms with Crippen molar-refractivity contribution in [3.63, 3.8) is 0 Å². The van der Waals surface area contributed by atoms with E-state index in [2.05, 4.69) is 10.3 Å². The maximum absolute atomic E-state index is 12.9. The number of hydrogen-bond donors (Lipinski definition) is 1. The van der Waals surface area contributed by atoms with Crippen LogP contribution in [0, 0.1) is 0 Å². The Bertz CT molecular complexity index is 751. The molecule has 1 N–H and O–H groups in total. The monoisotopic (exact) mass is 339 g/mol. The SMILES string of the molecule is O=C(Cc1ccc2c(c1)OCCO2)N1CCNCC1c1cccnc1. The number of aromatic nitrogens is 1. The first-order valence-electron chi connectivity index (χ1n) is 8.60. The molecule has 2 aromatic rings. The van der Waals surface area contributed by atoms with Crippen LogP contribution >= 0.6 is 0 Å². The second-order valence-electron chi connectivity index (χ2n) is 6.25. The summed E-state index contributed by atoms with van der Waals surface area (Å²) in [7, 11) is 0. The van der Waals surface area contributed by atoms with Crippen LogP contribution in [-0.4, -0.2) is 48.6 Å². The molecule has 25 heavy (non-hydrogen) atoms. The first-order chi connectivity index (χ1) is 12.3. The van der Waals surface area contributed by atoms with Gasteiger partial charge < -0.3 is 19.7 Å². The number of hydrogen-bond acceptors (Lipinski definition) is 5. The smallest absolute Gasteiger partial charge is 0.227 e. The van der Waals surface area contributed by atoms with Crippen molar-refractivity contribution >= 4 is 5.91 Å². The second kappa shape index (κ2) is 7.11. The Hall–Kier alpha value is -2.60. The number of ether oxygens (including phenoxy) is 2. The Morgan fingerprint density at radius 3 is 2.96 bits per heavy atom. The number of nitrogens with zero attached hydrogens (tertiary/aromatic N) is 2. The molecule has 1 aromatic heterocycles. The Kier molecular flexibility index (Phi) is 4.52. The van der Waals surface area contributed by atoms with Crippen molar-refractivity contribution in [2.24, 2.45) is 0 Å². The minimum atomic E-state index is 0.0205. The molecular formula is C19H21N3O3. The minimum Gasteiger partial charge on any atom is -0.486 e. The summed E-state index contributed by atoms with van der Waals surface area (Å²) < 4.78 is 11.2. The molecule has 0 saturated carbocycles. The third-order valence-corrected chi connectivity index (χ3v) is 4.59. The third-order valence-electron chi connectivity index (χ3n) is 4.59. The van der Waals surface area contributed by atoms with E-state index in [9.17, 15) is 4.79 Å². The van der Waals surface area contributed by atoms with Crippen LogP contribution in [0.15, 0.2) is 42.7 Å². The molecule has 0 aliphatic carbocycles. The molecule has 2 aliphatic rings. The van der Waals surface area contributed by atoms with Crippen LogP contribution < -0.4 is 14.8 Å². The van der Waals surface area contributed by atoms with Crippen molar-refractivity contribution < 1.29 is 14.3 Å². The van der Waals surface area contributed by atoms with E-state index in [-0.39, 0.29) is 11.9 Å². The van der Waals surface area contributed by atoms with Gasteiger partial charge in [-0.25, -0.2) is 0 Å². The van der Waals surface area contributed by atoms with Crippen LogP contribution in [0.5, 0.6) is 11.5 Å². The Morgan fingerprint density at radius 1 is 1.24 bits per heavy atom. The first kappa shape index (κ1) is 15.9. The maximum atomic E-state index is 12.9. The maximum Gasteiger partial charge on any atom is 0.227 e. The van der Waals surface area contributed by atoms with Crippen LogP contribution in [0.25, 0.3) is 0 Å². The molecule has 130 valence electrons. The fourth-order valence-corrected chi connectivity index (χ4v) is 3.35. The highest BCUT2D eigenvalue weighted by Gasteiger charge is 2.28. The van der Waals surface area contributed by atoms with Crippen LogP contribution in [0.4, 0.5) is 0 Å². The van der Waals surface area contributed by atoms with Gasteiger partial charge in [-0.15, -0.1) is 0 Å². The standard InChI is InChI=1S/C19H21N3O3/c23-19(11-14-3-4-17-18(10-14)25-9-8-24-17)22-7-6-21-13-16(22)15-2-1-5-20-12-15/h1-5,10,12,16,21H,6-9,11,13H2. The summed E-state index contributed by atoms with van der Waals surface area (Å²) >= 11 is 0. The highest BCUT2D eigenvalue weighted by atomic mass is 16.6. The topological polar surface area (TPSA) is 63.7 Å². The average molecular weight is 339 g/mol. The van der Waals surface area contributed by atoms with Gasteiger partial charge in [0.1, 0.15) is 13.2 Å². The molecule has 0 radical (unpaired) electrons. The summed E-state index contributed by atoms with van der Waals surface area (Å²) in [5, 5.41) is 3.36. The molecule has 3 heterocycles. The molecule has 1 unspecified atom stereocenters. The van der Waals surface area contributed by atoms with E-state index in [1.807, 2.05) is 41.4 Å². The third kappa shape index (κ3) is 3.44. The van der Waals surface area contributed by atoms with E-state index in [0.717, 1.165) is 35.7 Å². The number of fused-ring (bicyclic) bond motifs is 1. The van der Waals surface area contributed by atoms with Crippen LogP contribution in [0.1, 0.15) is 17.2 Å². The Morgan fingerprint density at radius 2 is 2.12 bits per heavy atom. The van der Waals surface area contributed by atoms with Crippen LogP contribution in [-0.2, 0) is 11.2 Å². The summed E-state index contributed by atoms with van der Waals surface area (Å²) in [5.41, 5.74) is 2.00. The molecule has 1 atom stereocenters. The molecule has 1 amide bonds. The van der Waals surface area contributed by atoms with Gasteiger partial charge in [0.25, 0.3) is 0 Å². The summed E-state index contributed by atoms with van der Waals surface area (Å²) in [6.07, 6.45) is 3.94. The van der Waals surface area contributed by atoms with E-state index in [1.54, 1.807) is 6.20 Å². The molecular weight excluding hydrogens is 318 g/mol. The number of benzene rings is 1. The predicted octanol–water partition coefficient (Wildman–Crippen LogP) is 1.57. The fourth-order valence-electron chi connectivity index (χ4n) is 3.35. The summed E-state index contributed by atoms with van der Waals surface area (Å²) in [6, 6.07) is 9.68. The summed E-state index contributed by atoms with van der Waals surface area (Å²) in [5.74, 6) is 1.59. The van der Waals surface area contributed by atoms with E-state index in [4.69, 9.17) is 9.47 Å². The van der Waals surface area contributed by atoms with E-state index in [1.165, 1.54) is 0 Å². The lowest BCUT2D eigenvalue weighted by atomic mass is 10.0. The predicted molar refractivity (Wildman–Crippen MR) is 92.7 cm³/mol. The van der Waals surface area contributed by atoms with Crippen molar-refractivity contribution in [2.75, 3.05) is 32.8 Å². The quantitative estimate of drug-likeness (QED) is 0.920. The van der Waals surface area contributed by atoms with Gasteiger partial charge in [-0.1, -0.05) is 12.1 Å². The summed E-state index contributed by atoms with van der Waals surface area (Å²) in [4.78, 5) is 19.1. The second-order valence-corrected chi connectivity index (χ2v) is 6.25. The zero-order valence-electron chi connectivity index (χ0n) is 14.0. The number of pyridine rings is 1. The molecule has 1 aromatic carbocycles. The number of carbonyl (C=O) groups excluding carboxylic acids is 1. The number of amides is 1. The van der Waals surface area contributed by atoms with Crippen molar-refractivity contribution in [3.05, 3.63) is 53.9 Å². The van der Waals surface area contributed by atoms with Crippen molar-refractivity contribution in [1.29, 1.82) is 0 Å². The van der Waals surface area contributed by atoms with Gasteiger partial charge in [-0.3, -0.25) is 9.78 Å². The Balaban J connectivity index is 1.51. The molecule has 2 aliphatic heterocycles. The van der Waals surface area contributed by atoms with Gasteiger partial charge in [-0.2, -0.15) is 0 Å². The highest BCUT2D eigenvalue weighted by molar-refractivity contribution is 5.79. The van der Waals surface area contributed by atoms with E-state index >= 15 is 0 Å². The van der Waals surface area contributed by atoms with Gasteiger partial charge in [0.15, 0.2) is 11.5 Å². The van der Waals surface area contributed by atoms with Crippen molar-refractivity contribution in [2.45, 2.75) is 12.5 Å². The lowest BCUT2D eigenvalue weighted by Gasteiger charge is -2.36. The zero-order chi connectivity index (χ0) is 17.1. The highest BCUT2D eigenvalue weighted by Crippen LogP contribution is 2.31. The number of rotatable bonds is 3. The Labute approximate surface area is 146 Å². The zero-order valence-corrected chi connectivity index (χ0v) is 14.0. The van der Waals surface area contributed by atoms with Gasteiger partial charge >= 0.3 is 0 Å². The van der Waals surface area contributed by atoms with Crippen molar-refractivity contribution in [3.8, 4) is 11.5 Å². The molecule has 4 rings (SSSR count).